The van der Waals surface area contributed by atoms with E-state index in [1.165, 1.54) is 33.4 Å². The second kappa shape index (κ2) is 17.2. The molecule has 0 saturated heterocycles. The van der Waals surface area contributed by atoms with Crippen molar-refractivity contribution >= 4 is 44.9 Å². The molecule has 0 aromatic heterocycles. The van der Waals surface area contributed by atoms with E-state index < -0.39 is 0 Å². The number of nitrogens with zero attached hydrogens (tertiary/aromatic N) is 2. The molecule has 3 nitrogen and oxygen atoms in total. The van der Waals surface area contributed by atoms with Crippen molar-refractivity contribution in [3.63, 3.8) is 0 Å². The van der Waals surface area contributed by atoms with Crippen LogP contribution in [0.5, 0.6) is 11.5 Å². The number of rotatable bonds is 10. The first-order valence-corrected chi connectivity index (χ1v) is 22.8. The van der Waals surface area contributed by atoms with E-state index in [0.29, 0.717) is 0 Å². The van der Waals surface area contributed by atoms with Crippen LogP contribution in [0.25, 0.3) is 66.4 Å². The van der Waals surface area contributed by atoms with Gasteiger partial charge in [-0.2, -0.15) is 0 Å². The topological polar surface area (TPSA) is 15.7 Å². The van der Waals surface area contributed by atoms with Crippen molar-refractivity contribution in [2.45, 2.75) is 0 Å². The second-order valence-corrected chi connectivity index (χ2v) is 16.9. The molecule has 0 fully saturated rings. The predicted octanol–water partition coefficient (Wildman–Crippen LogP) is 18.2. The van der Waals surface area contributed by atoms with Gasteiger partial charge in [-0.25, -0.2) is 0 Å². The van der Waals surface area contributed by atoms with Gasteiger partial charge in [0.15, 0.2) is 5.75 Å². The summed E-state index contributed by atoms with van der Waals surface area (Å²) in [5, 5.41) is 2.21. The van der Waals surface area contributed by atoms with Crippen LogP contribution in [0, 0.1) is 0 Å². The van der Waals surface area contributed by atoms with Gasteiger partial charge in [0.25, 0.3) is 0 Å². The maximum absolute atomic E-state index is 7.34. The molecule has 11 aromatic carbocycles. The van der Waals surface area contributed by atoms with Gasteiger partial charge < -0.3 is 14.5 Å². The fourth-order valence-electron chi connectivity index (χ4n) is 9.55. The summed E-state index contributed by atoms with van der Waals surface area (Å²) in [6, 6.07) is 95.3. The second-order valence-electron chi connectivity index (χ2n) is 16.9. The van der Waals surface area contributed by atoms with E-state index in [-0.39, 0.29) is 0 Å². The van der Waals surface area contributed by atoms with E-state index in [1.807, 2.05) is 0 Å². The number of anilines is 6. The molecule has 0 atom stereocenters. The molecule has 316 valence electrons. The molecular formula is C64H44N2O. The number of benzene rings is 11. The number of fused-ring (bicyclic) bond motifs is 2. The number of para-hydroxylation sites is 1. The van der Waals surface area contributed by atoms with Crippen LogP contribution in [-0.4, -0.2) is 0 Å². The standard InChI is InChI=1S/C64H44N2O/c1-5-15-45(16-6-1)49-27-35-54(36-28-49)65(55-37-29-50(30-38-55)46-17-7-2-8-18-46)58-43-53-23-13-24-59-60-25-14-26-61(64(60)67-62(44-58)63(53)59)66(56-39-31-51(32-40-56)47-19-9-3-10-20-47)57-41-33-52(34-42-57)48-21-11-4-12-22-48/h1-44H. The number of ether oxygens (including phenoxy) is 1. The quantitative estimate of drug-likeness (QED) is 0.136. The van der Waals surface area contributed by atoms with Gasteiger partial charge in [-0.05, 0) is 116 Å². The first kappa shape index (κ1) is 39.7. The van der Waals surface area contributed by atoms with Crippen molar-refractivity contribution in [2.24, 2.45) is 0 Å². The normalized spacial score (nSPS) is 11.4. The lowest BCUT2D eigenvalue weighted by Crippen LogP contribution is -2.13. The molecule has 0 bridgehead atoms. The fourth-order valence-corrected chi connectivity index (χ4v) is 9.55. The lowest BCUT2D eigenvalue weighted by molar-refractivity contribution is 0.488. The first-order valence-electron chi connectivity index (χ1n) is 22.8. The molecule has 0 radical (unpaired) electrons. The highest BCUT2D eigenvalue weighted by molar-refractivity contribution is 6.08. The van der Waals surface area contributed by atoms with Gasteiger partial charge in [-0.1, -0.05) is 200 Å². The average Bonchev–Trinajstić information content (AvgIpc) is 3.41. The zero-order chi connectivity index (χ0) is 44.5. The highest BCUT2D eigenvalue weighted by atomic mass is 16.5. The molecule has 0 spiro atoms. The predicted molar refractivity (Wildman–Crippen MR) is 281 cm³/mol. The highest BCUT2D eigenvalue weighted by Crippen LogP contribution is 2.54. The van der Waals surface area contributed by atoms with E-state index in [4.69, 9.17) is 4.74 Å². The Morgan fingerprint density at radius 2 is 0.612 bits per heavy atom. The van der Waals surface area contributed by atoms with Gasteiger partial charge in [-0.3, -0.25) is 0 Å². The molecule has 11 aromatic rings. The van der Waals surface area contributed by atoms with Gasteiger partial charge in [0.2, 0.25) is 0 Å². The monoisotopic (exact) mass is 856 g/mol. The molecule has 12 rings (SSSR count). The SMILES string of the molecule is c1ccc(-c2ccc(N(c3ccc(-c4ccccc4)cc3)c3cc4c5c(cccc5c3)-c3cccc(N(c5ccc(-c6ccccc6)cc5)c5ccc(-c6ccccc6)cc5)c3O4)cc2)cc1. The van der Waals surface area contributed by atoms with E-state index in [9.17, 15) is 0 Å². The molecule has 67 heavy (non-hydrogen) atoms. The zero-order valence-corrected chi connectivity index (χ0v) is 36.7. The Hall–Kier alpha value is -8.92. The van der Waals surface area contributed by atoms with Gasteiger partial charge in [-0.15, -0.1) is 0 Å². The molecule has 1 aliphatic rings. The van der Waals surface area contributed by atoms with Crippen molar-refractivity contribution in [3.05, 3.63) is 267 Å². The minimum absolute atomic E-state index is 0.810. The summed E-state index contributed by atoms with van der Waals surface area (Å²) >= 11 is 0. The van der Waals surface area contributed by atoms with Crippen LogP contribution in [-0.2, 0) is 0 Å². The molecule has 0 unspecified atom stereocenters. The molecule has 3 heteroatoms. The van der Waals surface area contributed by atoms with Crippen LogP contribution in [0.1, 0.15) is 0 Å². The largest absolute Gasteiger partial charge is 0.454 e. The van der Waals surface area contributed by atoms with Crippen LogP contribution in [0.4, 0.5) is 34.1 Å². The number of hydrogen-bond donors (Lipinski definition) is 0. The summed E-state index contributed by atoms with van der Waals surface area (Å²) in [4.78, 5) is 4.66. The van der Waals surface area contributed by atoms with E-state index in [0.717, 1.165) is 78.6 Å². The van der Waals surface area contributed by atoms with Crippen molar-refractivity contribution < 1.29 is 4.74 Å². The van der Waals surface area contributed by atoms with E-state index >= 15 is 0 Å². The van der Waals surface area contributed by atoms with Crippen LogP contribution >= 0.6 is 0 Å². The van der Waals surface area contributed by atoms with Crippen molar-refractivity contribution in [3.8, 4) is 67.1 Å². The highest BCUT2D eigenvalue weighted by Gasteiger charge is 2.28. The summed E-state index contributed by atoms with van der Waals surface area (Å²) in [6.45, 7) is 0. The minimum Gasteiger partial charge on any atom is -0.454 e. The van der Waals surface area contributed by atoms with Gasteiger partial charge in [0.05, 0.1) is 11.4 Å². The average molecular weight is 857 g/mol. The molecule has 0 saturated carbocycles. The Bertz CT molecular complexity index is 3320. The smallest absolute Gasteiger partial charge is 0.159 e. The molecule has 0 aliphatic carbocycles. The Labute approximate surface area is 391 Å². The van der Waals surface area contributed by atoms with Crippen LogP contribution in [0.2, 0.25) is 0 Å². The maximum Gasteiger partial charge on any atom is 0.159 e. The summed E-state index contributed by atoms with van der Waals surface area (Å²) in [7, 11) is 0. The Kier molecular flexibility index (Phi) is 10.2. The van der Waals surface area contributed by atoms with Gasteiger partial charge in [0, 0.05) is 39.8 Å². The third-order valence-corrected chi connectivity index (χ3v) is 12.9. The van der Waals surface area contributed by atoms with Crippen molar-refractivity contribution in [2.75, 3.05) is 9.80 Å². The molecule has 0 amide bonds. The number of hydrogen-bond acceptors (Lipinski definition) is 3. The Morgan fingerprint density at radius 3 is 1.03 bits per heavy atom. The summed E-state index contributed by atoms with van der Waals surface area (Å²) in [5.41, 5.74) is 17.7. The molecular weight excluding hydrogens is 813 g/mol. The lowest BCUT2D eigenvalue weighted by atomic mass is 9.93. The maximum atomic E-state index is 7.34. The first-order chi connectivity index (χ1) is 33.2. The lowest BCUT2D eigenvalue weighted by Gasteiger charge is -2.32. The third kappa shape index (κ3) is 7.59. The van der Waals surface area contributed by atoms with Gasteiger partial charge >= 0.3 is 0 Å². The van der Waals surface area contributed by atoms with Crippen molar-refractivity contribution in [1.29, 1.82) is 0 Å². The zero-order valence-electron chi connectivity index (χ0n) is 36.7. The molecule has 1 heterocycles. The van der Waals surface area contributed by atoms with Crippen LogP contribution in [0.15, 0.2) is 267 Å². The Balaban J connectivity index is 0.989. The summed E-state index contributed by atoms with van der Waals surface area (Å²) in [6.07, 6.45) is 0. The van der Waals surface area contributed by atoms with Crippen LogP contribution in [0.3, 0.4) is 0 Å². The Morgan fingerprint density at radius 1 is 0.254 bits per heavy atom. The van der Waals surface area contributed by atoms with Crippen molar-refractivity contribution in [1.82, 2.24) is 0 Å². The summed E-state index contributed by atoms with van der Waals surface area (Å²) in [5.74, 6) is 1.62. The molecule has 1 aliphatic heterocycles. The molecule has 0 N–H and O–H groups in total. The van der Waals surface area contributed by atoms with E-state index in [2.05, 4.69) is 277 Å². The van der Waals surface area contributed by atoms with E-state index in [1.54, 1.807) is 0 Å². The summed E-state index contributed by atoms with van der Waals surface area (Å²) < 4.78 is 7.34. The minimum atomic E-state index is 0.810. The fraction of sp³-hybridized carbons (Fsp3) is 0. The van der Waals surface area contributed by atoms with Gasteiger partial charge in [0.1, 0.15) is 5.75 Å². The van der Waals surface area contributed by atoms with Crippen LogP contribution < -0.4 is 14.5 Å². The third-order valence-electron chi connectivity index (χ3n) is 12.9.